The first-order valence-corrected chi connectivity index (χ1v) is 7.99. The van der Waals surface area contributed by atoms with Crippen molar-refractivity contribution in [1.82, 2.24) is 15.2 Å². The van der Waals surface area contributed by atoms with Gasteiger partial charge in [0, 0.05) is 32.4 Å². The van der Waals surface area contributed by atoms with Gasteiger partial charge >= 0.3 is 0 Å². The number of amides is 1. The second-order valence-corrected chi connectivity index (χ2v) is 6.03. The molecule has 0 radical (unpaired) electrons. The molecule has 0 bridgehead atoms. The number of carbonyl (C=O) groups excluding carboxylic acids is 1. The minimum Gasteiger partial charge on any atom is -0.390 e. The summed E-state index contributed by atoms with van der Waals surface area (Å²) in [5.74, 6) is -0.296. The Bertz CT molecular complexity index is 762. The van der Waals surface area contributed by atoms with E-state index in [1.165, 1.54) is 23.4 Å². The Labute approximate surface area is 140 Å². The van der Waals surface area contributed by atoms with Gasteiger partial charge in [-0.25, -0.2) is 0 Å². The highest BCUT2D eigenvalue weighted by Crippen LogP contribution is 2.18. The highest BCUT2D eigenvalue weighted by atomic mass is 16.3. The Hall–Kier alpha value is -2.62. The molecular weight excluding hydrogens is 304 g/mol. The zero-order valence-corrected chi connectivity index (χ0v) is 13.3. The lowest BCUT2D eigenvalue weighted by Gasteiger charge is -2.30. The van der Waals surface area contributed by atoms with E-state index in [0.717, 1.165) is 19.5 Å². The first-order valence-electron chi connectivity index (χ1n) is 7.99. The van der Waals surface area contributed by atoms with Crippen LogP contribution in [-0.4, -0.2) is 46.6 Å². The van der Waals surface area contributed by atoms with E-state index in [2.05, 4.69) is 33.4 Å². The van der Waals surface area contributed by atoms with E-state index in [1.54, 1.807) is 0 Å². The Morgan fingerprint density at radius 2 is 2.21 bits per heavy atom. The number of H-pyrrole nitrogens is 1. The van der Waals surface area contributed by atoms with Crippen molar-refractivity contribution in [2.24, 2.45) is 0 Å². The largest absolute Gasteiger partial charge is 0.390 e. The Kier molecular flexibility index (Phi) is 4.94. The molecule has 1 amide bonds. The number of aliphatic hydroxyl groups excluding tert-OH is 1. The lowest BCUT2D eigenvalue weighted by Crippen LogP contribution is -2.42. The topological polar surface area (TPSA) is 92.2 Å². The maximum Gasteiger partial charge on any atom is 0.252 e. The van der Waals surface area contributed by atoms with Crippen LogP contribution < -0.4 is 5.32 Å². The SMILES string of the molecule is N#Cc1cc(C(=O)NCC(O)CN2CCc3ccccc3C2)c[nH]1. The number of benzene rings is 1. The molecule has 0 saturated carbocycles. The highest BCUT2D eigenvalue weighted by molar-refractivity contribution is 5.94. The van der Waals surface area contributed by atoms with Crippen molar-refractivity contribution in [1.29, 1.82) is 5.26 Å². The Balaban J connectivity index is 1.47. The Morgan fingerprint density at radius 1 is 1.42 bits per heavy atom. The molecule has 0 spiro atoms. The molecule has 1 atom stereocenters. The number of nitriles is 1. The number of hydrogen-bond donors (Lipinski definition) is 3. The van der Waals surface area contributed by atoms with Gasteiger partial charge in [-0.2, -0.15) is 5.26 Å². The molecule has 1 unspecified atom stereocenters. The first kappa shape index (κ1) is 16.2. The van der Waals surface area contributed by atoms with E-state index in [-0.39, 0.29) is 12.5 Å². The number of fused-ring (bicyclic) bond motifs is 1. The minimum atomic E-state index is -0.631. The van der Waals surface area contributed by atoms with Gasteiger partial charge in [-0.1, -0.05) is 24.3 Å². The lowest BCUT2D eigenvalue weighted by atomic mass is 10.00. The number of aromatic amines is 1. The fraction of sp³-hybridized carbons (Fsp3) is 0.333. The number of β-amino-alcohol motifs (C(OH)–C–C–N with tert-alkyl or cyclic N) is 1. The van der Waals surface area contributed by atoms with Gasteiger partial charge < -0.3 is 15.4 Å². The highest BCUT2D eigenvalue weighted by Gasteiger charge is 2.19. The fourth-order valence-corrected chi connectivity index (χ4v) is 2.98. The molecule has 6 nitrogen and oxygen atoms in total. The normalized spacial score (nSPS) is 15.3. The maximum atomic E-state index is 12.0. The molecule has 3 N–H and O–H groups in total. The van der Waals surface area contributed by atoms with Crippen LogP contribution in [0.5, 0.6) is 0 Å². The first-order chi connectivity index (χ1) is 11.7. The van der Waals surface area contributed by atoms with E-state index < -0.39 is 6.10 Å². The van der Waals surface area contributed by atoms with Crippen LogP contribution in [0.2, 0.25) is 0 Å². The number of nitrogens with one attached hydrogen (secondary N) is 2. The van der Waals surface area contributed by atoms with E-state index in [4.69, 9.17) is 5.26 Å². The van der Waals surface area contributed by atoms with Crippen LogP contribution in [0.25, 0.3) is 0 Å². The number of aromatic nitrogens is 1. The van der Waals surface area contributed by atoms with E-state index >= 15 is 0 Å². The predicted molar refractivity (Wildman–Crippen MR) is 89.3 cm³/mol. The van der Waals surface area contributed by atoms with Gasteiger partial charge in [0.15, 0.2) is 0 Å². The summed E-state index contributed by atoms with van der Waals surface area (Å²) in [6, 6.07) is 11.8. The number of hydrogen-bond acceptors (Lipinski definition) is 4. The van der Waals surface area contributed by atoms with Crippen molar-refractivity contribution >= 4 is 5.91 Å². The molecule has 6 heteroatoms. The third-order valence-electron chi connectivity index (χ3n) is 4.24. The fourth-order valence-electron chi connectivity index (χ4n) is 2.98. The van der Waals surface area contributed by atoms with Crippen molar-refractivity contribution in [2.45, 2.75) is 19.1 Å². The molecule has 24 heavy (non-hydrogen) atoms. The molecule has 3 rings (SSSR count). The Morgan fingerprint density at radius 3 is 2.96 bits per heavy atom. The van der Waals surface area contributed by atoms with Gasteiger partial charge in [0.1, 0.15) is 11.8 Å². The molecule has 1 aliphatic heterocycles. The van der Waals surface area contributed by atoms with Crippen LogP contribution >= 0.6 is 0 Å². The molecule has 1 aromatic carbocycles. The van der Waals surface area contributed by atoms with Crippen LogP contribution in [0.3, 0.4) is 0 Å². The molecule has 0 aliphatic carbocycles. The molecule has 2 aromatic rings. The summed E-state index contributed by atoms with van der Waals surface area (Å²) in [6.07, 6.45) is 1.84. The van der Waals surface area contributed by atoms with Crippen molar-refractivity contribution in [3.63, 3.8) is 0 Å². The number of aliphatic hydroxyl groups is 1. The van der Waals surface area contributed by atoms with Crippen molar-refractivity contribution in [3.8, 4) is 6.07 Å². The van der Waals surface area contributed by atoms with E-state index in [9.17, 15) is 9.90 Å². The van der Waals surface area contributed by atoms with Crippen LogP contribution in [0.4, 0.5) is 0 Å². The summed E-state index contributed by atoms with van der Waals surface area (Å²) in [4.78, 5) is 16.9. The number of nitrogens with zero attached hydrogens (tertiary/aromatic N) is 2. The standard InChI is InChI=1S/C18H20N4O2/c19-8-16-7-15(9-20-16)18(24)21-10-17(23)12-22-6-5-13-3-1-2-4-14(13)11-22/h1-4,7,9,17,20,23H,5-6,10-12H2,(H,21,24). The molecule has 2 heterocycles. The third kappa shape index (κ3) is 3.82. The van der Waals surface area contributed by atoms with Gasteiger partial charge in [-0.3, -0.25) is 9.69 Å². The van der Waals surface area contributed by atoms with Crippen molar-refractivity contribution < 1.29 is 9.90 Å². The number of carbonyl (C=O) groups is 1. The summed E-state index contributed by atoms with van der Waals surface area (Å²) < 4.78 is 0. The molecule has 1 aromatic heterocycles. The van der Waals surface area contributed by atoms with Crippen molar-refractivity contribution in [2.75, 3.05) is 19.6 Å². The van der Waals surface area contributed by atoms with Gasteiger partial charge in [0.05, 0.1) is 11.7 Å². The van der Waals surface area contributed by atoms with E-state index in [0.29, 0.717) is 17.8 Å². The average Bonchev–Trinajstić information content (AvgIpc) is 3.09. The average molecular weight is 324 g/mol. The minimum absolute atomic E-state index is 0.185. The molecular formula is C18H20N4O2. The van der Waals surface area contributed by atoms with Crippen LogP contribution in [0.1, 0.15) is 27.2 Å². The summed E-state index contributed by atoms with van der Waals surface area (Å²) in [5, 5.41) is 21.6. The summed E-state index contributed by atoms with van der Waals surface area (Å²) >= 11 is 0. The lowest BCUT2D eigenvalue weighted by molar-refractivity contribution is 0.0842. The smallest absolute Gasteiger partial charge is 0.252 e. The maximum absolute atomic E-state index is 12.0. The molecule has 1 aliphatic rings. The monoisotopic (exact) mass is 324 g/mol. The summed E-state index contributed by atoms with van der Waals surface area (Å²) in [6.45, 7) is 2.44. The summed E-state index contributed by atoms with van der Waals surface area (Å²) in [7, 11) is 0. The predicted octanol–water partition coefficient (Wildman–Crippen LogP) is 1.04. The van der Waals surface area contributed by atoms with Gasteiger partial charge in [-0.15, -0.1) is 0 Å². The van der Waals surface area contributed by atoms with E-state index in [1.807, 2.05) is 12.1 Å². The van der Waals surface area contributed by atoms with Crippen molar-refractivity contribution in [3.05, 3.63) is 58.9 Å². The molecule has 124 valence electrons. The second kappa shape index (κ2) is 7.30. The number of rotatable bonds is 5. The summed E-state index contributed by atoms with van der Waals surface area (Å²) in [5.41, 5.74) is 3.41. The molecule has 0 saturated heterocycles. The zero-order valence-electron chi connectivity index (χ0n) is 13.3. The third-order valence-corrected chi connectivity index (χ3v) is 4.24. The quantitative estimate of drug-likeness (QED) is 0.766. The second-order valence-electron chi connectivity index (χ2n) is 6.03. The van der Waals surface area contributed by atoms with Crippen LogP contribution in [0, 0.1) is 11.3 Å². The van der Waals surface area contributed by atoms with Gasteiger partial charge in [-0.05, 0) is 23.6 Å². The van der Waals surface area contributed by atoms with Crippen LogP contribution in [-0.2, 0) is 13.0 Å². The molecule has 0 fully saturated rings. The van der Waals surface area contributed by atoms with Crippen LogP contribution in [0.15, 0.2) is 36.5 Å². The van der Waals surface area contributed by atoms with Gasteiger partial charge in [0.2, 0.25) is 0 Å². The zero-order chi connectivity index (χ0) is 16.9. The van der Waals surface area contributed by atoms with Gasteiger partial charge in [0.25, 0.3) is 5.91 Å².